The molecule has 0 bridgehead atoms. The number of hydrogen-bond acceptors (Lipinski definition) is 3. The fraction of sp³-hybridized carbons (Fsp3) is 0.917. The summed E-state index contributed by atoms with van der Waals surface area (Å²) in [5.74, 6) is 5.18. The van der Waals surface area contributed by atoms with E-state index in [0.717, 1.165) is 54.9 Å². The van der Waals surface area contributed by atoms with E-state index in [1.807, 2.05) is 0 Å². The number of carbonyl (C=O) groups excluding carboxylic acids is 1. The second-order valence-corrected chi connectivity index (χ2v) is 15.9. The van der Waals surface area contributed by atoms with Crippen LogP contribution in [0.3, 0.4) is 0 Å². The number of nitrogens with one attached hydrogen (secondary N) is 1. The number of carbonyl (C=O) groups is 1. The molecular weight excluding hydrogens is 492 g/mol. The van der Waals surface area contributed by atoms with Crippen LogP contribution in [0.4, 0.5) is 4.79 Å². The third kappa shape index (κ3) is 6.63. The van der Waals surface area contributed by atoms with Crippen molar-refractivity contribution in [3.63, 3.8) is 0 Å². The van der Waals surface area contributed by atoms with E-state index in [0.29, 0.717) is 29.5 Å². The Labute approximate surface area is 247 Å². The zero-order valence-corrected chi connectivity index (χ0v) is 27.7. The third-order valence-electron chi connectivity index (χ3n) is 12.5. The van der Waals surface area contributed by atoms with Gasteiger partial charge in [0.1, 0.15) is 6.10 Å². The number of nitrogens with zero attached hydrogens (tertiary/aromatic N) is 1. The van der Waals surface area contributed by atoms with Gasteiger partial charge in [-0.25, -0.2) is 4.79 Å². The maximum Gasteiger partial charge on any atom is 0.407 e. The topological polar surface area (TPSA) is 41.6 Å². The number of rotatable bonds is 11. The highest BCUT2D eigenvalue weighted by Gasteiger charge is 2.59. The van der Waals surface area contributed by atoms with E-state index in [2.05, 4.69) is 78.6 Å². The summed E-state index contributed by atoms with van der Waals surface area (Å²) < 4.78 is 5.99. The van der Waals surface area contributed by atoms with E-state index < -0.39 is 0 Å². The minimum absolute atomic E-state index is 0.0265. The Hall–Kier alpha value is -1.03. The number of allylic oxidation sites excluding steroid dienone is 1. The van der Waals surface area contributed by atoms with Crippen LogP contribution in [-0.4, -0.2) is 42.3 Å². The molecule has 4 nitrogen and oxygen atoms in total. The highest BCUT2D eigenvalue weighted by molar-refractivity contribution is 5.67. The SMILES string of the molecule is CC(C)CCC[C@@H](C)[C@H]1CC[C@H]2[C@@H]3CC=C4CC(OC(=O)NCCN(C(C)C)C(C)C)CC[C@]4(C)[C@H]3CC[C@]12C. The lowest BCUT2D eigenvalue weighted by Gasteiger charge is -2.58. The molecule has 0 aromatic rings. The minimum atomic E-state index is -0.233. The Bertz CT molecular complexity index is 872. The van der Waals surface area contributed by atoms with Crippen molar-refractivity contribution in [2.45, 2.75) is 151 Å². The van der Waals surface area contributed by atoms with E-state index in [9.17, 15) is 4.79 Å². The molecular formula is C36H64N2O2. The smallest absolute Gasteiger partial charge is 0.407 e. The molecule has 3 saturated carbocycles. The molecule has 4 aliphatic rings. The Morgan fingerprint density at radius 3 is 2.38 bits per heavy atom. The summed E-state index contributed by atoms with van der Waals surface area (Å²) in [6.07, 6.45) is 16.7. The highest BCUT2D eigenvalue weighted by Crippen LogP contribution is 2.67. The lowest BCUT2D eigenvalue weighted by Crippen LogP contribution is -2.51. The first-order chi connectivity index (χ1) is 18.9. The van der Waals surface area contributed by atoms with Gasteiger partial charge in [-0.1, -0.05) is 65.5 Å². The summed E-state index contributed by atoms with van der Waals surface area (Å²) in [5.41, 5.74) is 2.44. The molecule has 1 unspecified atom stereocenters. The van der Waals surface area contributed by atoms with Gasteiger partial charge in [-0.05, 0) is 119 Å². The average Bonchev–Trinajstić information content (AvgIpc) is 3.23. The predicted molar refractivity (Wildman–Crippen MR) is 168 cm³/mol. The molecule has 0 aromatic heterocycles. The van der Waals surface area contributed by atoms with Crippen LogP contribution in [0.5, 0.6) is 0 Å². The number of alkyl carbamates (subject to hydrolysis) is 1. The van der Waals surface area contributed by atoms with Gasteiger partial charge < -0.3 is 10.1 Å². The zero-order chi connectivity index (χ0) is 29.2. The molecule has 0 aliphatic heterocycles. The van der Waals surface area contributed by atoms with Crippen molar-refractivity contribution in [1.82, 2.24) is 10.2 Å². The zero-order valence-electron chi connectivity index (χ0n) is 27.7. The van der Waals surface area contributed by atoms with Crippen LogP contribution in [0.1, 0.15) is 133 Å². The molecule has 1 amide bonds. The lowest BCUT2D eigenvalue weighted by atomic mass is 9.47. The van der Waals surface area contributed by atoms with Gasteiger partial charge in [-0.2, -0.15) is 0 Å². The molecule has 40 heavy (non-hydrogen) atoms. The van der Waals surface area contributed by atoms with Crippen molar-refractivity contribution in [2.75, 3.05) is 13.1 Å². The first kappa shape index (κ1) is 31.9. The molecule has 1 N–H and O–H groups in total. The summed E-state index contributed by atoms with van der Waals surface area (Å²) in [5, 5.41) is 3.04. The molecule has 0 radical (unpaired) electrons. The Kier molecular flexibility index (Phi) is 10.4. The minimum Gasteiger partial charge on any atom is -0.446 e. The van der Waals surface area contributed by atoms with Gasteiger partial charge in [0, 0.05) is 31.6 Å². The van der Waals surface area contributed by atoms with E-state index in [1.165, 1.54) is 57.8 Å². The Balaban J connectivity index is 1.33. The van der Waals surface area contributed by atoms with Gasteiger partial charge in [0.15, 0.2) is 0 Å². The van der Waals surface area contributed by atoms with Crippen LogP contribution in [0.15, 0.2) is 11.6 Å². The second-order valence-electron chi connectivity index (χ2n) is 15.9. The fourth-order valence-corrected chi connectivity index (χ4v) is 10.3. The number of fused-ring (bicyclic) bond motifs is 5. The van der Waals surface area contributed by atoms with Crippen molar-refractivity contribution in [2.24, 2.45) is 46.3 Å². The van der Waals surface area contributed by atoms with E-state index in [1.54, 1.807) is 5.57 Å². The molecule has 230 valence electrons. The molecule has 4 aliphatic carbocycles. The summed E-state index contributed by atoms with van der Waals surface area (Å²) in [6.45, 7) is 22.9. The van der Waals surface area contributed by atoms with Crippen LogP contribution >= 0.6 is 0 Å². The van der Waals surface area contributed by atoms with Gasteiger partial charge in [0.05, 0.1) is 0 Å². The molecule has 0 saturated heterocycles. The van der Waals surface area contributed by atoms with Crippen LogP contribution in [0.25, 0.3) is 0 Å². The summed E-state index contributed by atoms with van der Waals surface area (Å²) in [7, 11) is 0. The maximum atomic E-state index is 12.7. The lowest BCUT2D eigenvalue weighted by molar-refractivity contribution is -0.0581. The van der Waals surface area contributed by atoms with Crippen molar-refractivity contribution in [1.29, 1.82) is 0 Å². The van der Waals surface area contributed by atoms with Crippen molar-refractivity contribution in [3.05, 3.63) is 11.6 Å². The van der Waals surface area contributed by atoms with Gasteiger partial charge in [0.25, 0.3) is 0 Å². The normalized spacial score (nSPS) is 36.3. The molecule has 4 heteroatoms. The van der Waals surface area contributed by atoms with Crippen LogP contribution in [0.2, 0.25) is 0 Å². The van der Waals surface area contributed by atoms with Gasteiger partial charge in [-0.3, -0.25) is 4.90 Å². The average molecular weight is 557 g/mol. The fourth-order valence-electron chi connectivity index (χ4n) is 10.3. The summed E-state index contributed by atoms with van der Waals surface area (Å²) in [6, 6.07) is 0.948. The Morgan fingerprint density at radius 1 is 0.975 bits per heavy atom. The molecule has 8 atom stereocenters. The van der Waals surface area contributed by atoms with Gasteiger partial charge in [0.2, 0.25) is 0 Å². The highest BCUT2D eigenvalue weighted by atomic mass is 16.6. The van der Waals surface area contributed by atoms with E-state index >= 15 is 0 Å². The second kappa shape index (κ2) is 13.1. The maximum absolute atomic E-state index is 12.7. The largest absolute Gasteiger partial charge is 0.446 e. The third-order valence-corrected chi connectivity index (χ3v) is 12.5. The molecule has 4 rings (SSSR count). The van der Waals surface area contributed by atoms with E-state index in [4.69, 9.17) is 4.74 Å². The first-order valence-corrected chi connectivity index (χ1v) is 17.3. The van der Waals surface area contributed by atoms with E-state index in [-0.39, 0.29) is 12.2 Å². The number of ether oxygens (including phenoxy) is 1. The first-order valence-electron chi connectivity index (χ1n) is 17.3. The van der Waals surface area contributed by atoms with Crippen molar-refractivity contribution >= 4 is 6.09 Å². The standard InChI is InChI=1S/C36H64N2O2/c1-24(2)11-10-12-27(7)31-15-16-32-30-14-13-28-23-29(17-19-35(28,8)33(30)18-20-36(31,32)9)40-34(39)37-21-22-38(25(3)4)26(5)6/h13,24-27,29-33H,10-12,14-23H2,1-9H3,(H,37,39)/t27-,29?,30+,31-,32+,33+,35+,36-/m1/s1. The monoisotopic (exact) mass is 556 g/mol. The number of amides is 1. The Morgan fingerprint density at radius 2 is 1.70 bits per heavy atom. The summed E-state index contributed by atoms with van der Waals surface area (Å²) >= 11 is 0. The van der Waals surface area contributed by atoms with Crippen molar-refractivity contribution in [3.8, 4) is 0 Å². The molecule has 3 fully saturated rings. The molecule has 0 aromatic carbocycles. The summed E-state index contributed by atoms with van der Waals surface area (Å²) in [4.78, 5) is 15.1. The van der Waals surface area contributed by atoms with Crippen LogP contribution in [0, 0.1) is 46.3 Å². The molecule has 0 spiro atoms. The van der Waals surface area contributed by atoms with Crippen molar-refractivity contribution < 1.29 is 9.53 Å². The van der Waals surface area contributed by atoms with Crippen LogP contribution in [-0.2, 0) is 4.74 Å². The predicted octanol–water partition coefficient (Wildman–Crippen LogP) is 9.24. The molecule has 0 heterocycles. The number of hydrogen-bond donors (Lipinski definition) is 1. The van der Waals surface area contributed by atoms with Gasteiger partial charge >= 0.3 is 6.09 Å². The quantitative estimate of drug-likeness (QED) is 0.258. The van der Waals surface area contributed by atoms with Gasteiger partial charge in [-0.15, -0.1) is 0 Å². The van der Waals surface area contributed by atoms with Crippen LogP contribution < -0.4 is 5.32 Å².